The molecule has 0 aliphatic heterocycles. The monoisotopic (exact) mass is 493 g/mol. The second kappa shape index (κ2) is 13.1. The maximum atomic E-state index is 5.91. The molecule has 2 atom stereocenters. The molecule has 0 aliphatic carbocycles. The minimum absolute atomic E-state index is 0.155. The van der Waals surface area contributed by atoms with Gasteiger partial charge in [-0.25, -0.2) is 0 Å². The molecule has 0 saturated heterocycles. The molecule has 0 aromatic heterocycles. The number of rotatable bonds is 12. The summed E-state index contributed by atoms with van der Waals surface area (Å²) < 4.78 is 11.7. The molecule has 1 unspecified atom stereocenters. The van der Waals surface area contributed by atoms with Crippen LogP contribution in [0.5, 0.6) is 11.5 Å². The Balaban J connectivity index is 1.64. The van der Waals surface area contributed by atoms with E-state index in [0.29, 0.717) is 6.04 Å². The lowest BCUT2D eigenvalue weighted by Gasteiger charge is -2.32. The van der Waals surface area contributed by atoms with E-state index < -0.39 is 0 Å². The number of methoxy groups -OCH3 is 1. The summed E-state index contributed by atoms with van der Waals surface area (Å²) in [5.74, 6) is 2.03. The van der Waals surface area contributed by atoms with Crippen LogP contribution in [-0.4, -0.2) is 24.7 Å². The van der Waals surface area contributed by atoms with Gasteiger partial charge in [0.25, 0.3) is 0 Å². The highest BCUT2D eigenvalue weighted by molar-refractivity contribution is 5.43. The Kier molecular flexibility index (Phi) is 9.40. The predicted octanol–water partition coefficient (Wildman–Crippen LogP) is 8.27. The van der Waals surface area contributed by atoms with Crippen molar-refractivity contribution in [2.75, 3.05) is 13.7 Å². The lowest BCUT2D eigenvalue weighted by atomic mass is 9.87. The third-order valence-corrected chi connectivity index (χ3v) is 6.93. The van der Waals surface area contributed by atoms with Crippen LogP contribution in [0.1, 0.15) is 61.4 Å². The fraction of sp³-hybridized carbons (Fsp3) is 0.294. The van der Waals surface area contributed by atoms with E-state index in [0.717, 1.165) is 31.0 Å². The Bertz CT molecular complexity index is 1210. The van der Waals surface area contributed by atoms with Crippen LogP contribution in [0.15, 0.2) is 109 Å². The number of nitrogens with zero attached hydrogens (tertiary/aromatic N) is 1. The van der Waals surface area contributed by atoms with E-state index in [1.54, 1.807) is 7.11 Å². The summed E-state index contributed by atoms with van der Waals surface area (Å²) in [4.78, 5) is 2.59. The highest BCUT2D eigenvalue weighted by atomic mass is 16.5. The number of ether oxygens (including phenoxy) is 2. The third-order valence-electron chi connectivity index (χ3n) is 6.93. The molecule has 0 N–H and O–H groups in total. The van der Waals surface area contributed by atoms with Gasteiger partial charge in [0, 0.05) is 24.1 Å². The number of para-hydroxylation sites is 1. The molecule has 4 rings (SSSR count). The normalized spacial score (nSPS) is 12.9. The van der Waals surface area contributed by atoms with Gasteiger partial charge in [0.05, 0.1) is 13.2 Å². The van der Waals surface area contributed by atoms with E-state index in [-0.39, 0.29) is 12.0 Å². The van der Waals surface area contributed by atoms with Crippen molar-refractivity contribution >= 4 is 0 Å². The Morgan fingerprint density at radius 2 is 1.30 bits per heavy atom. The van der Waals surface area contributed by atoms with E-state index in [1.165, 1.54) is 22.3 Å². The molecule has 3 nitrogen and oxygen atoms in total. The van der Waals surface area contributed by atoms with Gasteiger partial charge in [-0.05, 0) is 68.6 Å². The Morgan fingerprint density at radius 3 is 1.95 bits per heavy atom. The van der Waals surface area contributed by atoms with Crippen molar-refractivity contribution in [1.82, 2.24) is 4.90 Å². The molecular weight excluding hydrogens is 454 g/mol. The number of hydrogen-bond donors (Lipinski definition) is 0. The van der Waals surface area contributed by atoms with E-state index in [4.69, 9.17) is 9.47 Å². The van der Waals surface area contributed by atoms with Crippen molar-refractivity contribution in [2.45, 2.75) is 51.8 Å². The highest BCUT2D eigenvalue weighted by Gasteiger charge is 2.22. The molecule has 0 radical (unpaired) electrons. The first-order valence-corrected chi connectivity index (χ1v) is 13.3. The van der Waals surface area contributed by atoms with E-state index >= 15 is 0 Å². The van der Waals surface area contributed by atoms with Gasteiger partial charge in [0.15, 0.2) is 0 Å². The van der Waals surface area contributed by atoms with Crippen LogP contribution in [0.4, 0.5) is 0 Å². The summed E-state index contributed by atoms with van der Waals surface area (Å²) in [7, 11) is 1.76. The zero-order valence-corrected chi connectivity index (χ0v) is 22.5. The van der Waals surface area contributed by atoms with E-state index in [1.807, 2.05) is 6.07 Å². The molecule has 0 amide bonds. The zero-order valence-electron chi connectivity index (χ0n) is 22.5. The van der Waals surface area contributed by atoms with E-state index in [9.17, 15) is 0 Å². The molecule has 0 spiro atoms. The molecule has 37 heavy (non-hydrogen) atoms. The van der Waals surface area contributed by atoms with E-state index in [2.05, 4.69) is 129 Å². The third kappa shape index (κ3) is 7.24. The molecule has 4 aromatic carbocycles. The van der Waals surface area contributed by atoms with Crippen molar-refractivity contribution < 1.29 is 9.47 Å². The summed E-state index contributed by atoms with van der Waals surface area (Å²) in [6, 6.07) is 38.9. The van der Waals surface area contributed by atoms with Crippen LogP contribution in [0.2, 0.25) is 0 Å². The van der Waals surface area contributed by atoms with Crippen molar-refractivity contribution in [2.24, 2.45) is 0 Å². The SMILES string of the molecule is COc1ccccc1C(CCN(Cc1ccccc1)[C@H](C)c1ccccc1)c1ccc(OC(C)C)cc1. The average molecular weight is 494 g/mol. The summed E-state index contributed by atoms with van der Waals surface area (Å²) in [5, 5.41) is 0. The minimum Gasteiger partial charge on any atom is -0.496 e. The van der Waals surface area contributed by atoms with Gasteiger partial charge in [0.2, 0.25) is 0 Å². The first-order valence-electron chi connectivity index (χ1n) is 13.3. The fourth-order valence-corrected chi connectivity index (χ4v) is 4.97. The quantitative estimate of drug-likeness (QED) is 0.198. The topological polar surface area (TPSA) is 21.7 Å². The summed E-state index contributed by atoms with van der Waals surface area (Å²) >= 11 is 0. The Morgan fingerprint density at radius 1 is 0.676 bits per heavy atom. The molecule has 3 heteroatoms. The minimum atomic E-state index is 0.155. The predicted molar refractivity (Wildman–Crippen MR) is 153 cm³/mol. The number of benzene rings is 4. The molecule has 0 saturated carbocycles. The largest absolute Gasteiger partial charge is 0.496 e. The molecule has 0 fully saturated rings. The zero-order chi connectivity index (χ0) is 26.0. The van der Waals surface area contributed by atoms with Gasteiger partial charge < -0.3 is 9.47 Å². The first-order chi connectivity index (χ1) is 18.0. The van der Waals surface area contributed by atoms with Crippen LogP contribution < -0.4 is 9.47 Å². The van der Waals surface area contributed by atoms with Gasteiger partial charge in [0.1, 0.15) is 11.5 Å². The van der Waals surface area contributed by atoms with Gasteiger partial charge in [-0.3, -0.25) is 4.90 Å². The van der Waals surface area contributed by atoms with Crippen LogP contribution >= 0.6 is 0 Å². The molecular formula is C34H39NO2. The molecule has 0 heterocycles. The smallest absolute Gasteiger partial charge is 0.122 e. The maximum Gasteiger partial charge on any atom is 0.122 e. The molecule has 0 aliphatic rings. The summed E-state index contributed by atoms with van der Waals surface area (Å²) in [6.07, 6.45) is 1.12. The Labute approximate surface area is 222 Å². The summed E-state index contributed by atoms with van der Waals surface area (Å²) in [6.45, 7) is 8.27. The van der Waals surface area contributed by atoms with Crippen molar-refractivity contribution in [1.29, 1.82) is 0 Å². The van der Waals surface area contributed by atoms with Crippen molar-refractivity contribution in [3.63, 3.8) is 0 Å². The number of hydrogen-bond acceptors (Lipinski definition) is 3. The fourth-order valence-electron chi connectivity index (χ4n) is 4.97. The van der Waals surface area contributed by atoms with Crippen LogP contribution in [0.25, 0.3) is 0 Å². The lowest BCUT2D eigenvalue weighted by Crippen LogP contribution is -2.29. The average Bonchev–Trinajstić information content (AvgIpc) is 2.94. The second-order valence-electron chi connectivity index (χ2n) is 9.86. The van der Waals surface area contributed by atoms with Crippen molar-refractivity contribution in [3.8, 4) is 11.5 Å². The standard InChI is InChI=1S/C34H39NO2/c1-26(2)37-31-21-19-30(20-22-31)32(33-17-11-12-18-34(33)36-4)23-24-35(25-28-13-7-5-8-14-28)27(3)29-15-9-6-10-16-29/h5-22,26-27,32H,23-25H2,1-4H3/t27-,32?/m1/s1. The van der Waals surface area contributed by atoms with Gasteiger partial charge in [-0.2, -0.15) is 0 Å². The Hall–Kier alpha value is -3.56. The van der Waals surface area contributed by atoms with Gasteiger partial charge in [-0.1, -0.05) is 91.0 Å². The van der Waals surface area contributed by atoms with Crippen LogP contribution in [-0.2, 0) is 6.54 Å². The van der Waals surface area contributed by atoms with Gasteiger partial charge >= 0.3 is 0 Å². The summed E-state index contributed by atoms with van der Waals surface area (Å²) in [5.41, 5.74) is 5.15. The van der Waals surface area contributed by atoms with Crippen molar-refractivity contribution in [3.05, 3.63) is 131 Å². The van der Waals surface area contributed by atoms with Gasteiger partial charge in [-0.15, -0.1) is 0 Å². The molecule has 4 aromatic rings. The molecule has 192 valence electrons. The van der Waals surface area contributed by atoms with Crippen LogP contribution in [0, 0.1) is 0 Å². The first kappa shape index (κ1) is 26.5. The maximum absolute atomic E-state index is 5.91. The highest BCUT2D eigenvalue weighted by Crippen LogP contribution is 2.36. The molecule has 0 bridgehead atoms. The lowest BCUT2D eigenvalue weighted by molar-refractivity contribution is 0.196. The van der Waals surface area contributed by atoms with Crippen LogP contribution in [0.3, 0.4) is 0 Å². The second-order valence-corrected chi connectivity index (χ2v) is 9.86.